The number of rotatable bonds is 4. The third kappa shape index (κ3) is 11.3. The van der Waals surface area contributed by atoms with E-state index in [0.29, 0.717) is 0 Å². The van der Waals surface area contributed by atoms with Crippen LogP contribution in [-0.4, -0.2) is 16.8 Å². The van der Waals surface area contributed by atoms with Crippen molar-refractivity contribution < 1.29 is 69.1 Å². The quantitative estimate of drug-likeness (QED) is 0.638. The van der Waals surface area contributed by atoms with Crippen LogP contribution in [0.5, 0.6) is 0 Å². The van der Waals surface area contributed by atoms with E-state index in [1.54, 1.807) is 0 Å². The van der Waals surface area contributed by atoms with Gasteiger partial charge in [-0.05, 0) is 0 Å². The molecule has 0 saturated heterocycles. The summed E-state index contributed by atoms with van der Waals surface area (Å²) in [4.78, 5) is 0. The van der Waals surface area contributed by atoms with Crippen LogP contribution in [0.4, 0.5) is 7.77 Å². The first kappa shape index (κ1) is 12.3. The third-order valence-electron chi connectivity index (χ3n) is 0.189. The van der Waals surface area contributed by atoms with Gasteiger partial charge in [-0.2, -0.15) is 0 Å². The predicted octanol–water partition coefficient (Wildman–Crippen LogP) is -0.637. The summed E-state index contributed by atoms with van der Waals surface area (Å²) in [6.45, 7) is 0. The number of hydrogen-bond donors (Lipinski definition) is 0. The van der Waals surface area contributed by atoms with Crippen LogP contribution in [-0.2, 0) is 20.0 Å². The second kappa shape index (κ2) is 4.48. The molecule has 0 saturated carbocycles. The van der Waals surface area contributed by atoms with Crippen molar-refractivity contribution in [3.8, 4) is 0 Å². The van der Waals surface area contributed by atoms with Crippen molar-refractivity contribution in [2.75, 3.05) is 0 Å². The first-order valence-corrected chi connectivity index (χ1v) is 5.86. The van der Waals surface area contributed by atoms with E-state index in [2.05, 4.69) is -0.994 Å². The van der Waals surface area contributed by atoms with Crippen LogP contribution in [0.1, 0.15) is 0 Å². The molecule has 0 unspecified atom stereocenters. The zero-order valence-electron chi connectivity index (χ0n) is 4.38. The minimum atomic E-state index is -5.26. The van der Waals surface area contributed by atoms with Gasteiger partial charge in [0.05, 0.1) is 0 Å². The Bertz CT molecular complexity index is 267. The van der Waals surface area contributed by atoms with E-state index in [4.69, 9.17) is 0 Å². The topological polar surface area (TPSA) is 86.7 Å². The van der Waals surface area contributed by atoms with Gasteiger partial charge in [0.2, 0.25) is 0 Å². The monoisotopic (exact) mass is 330 g/mol. The maximum absolute atomic E-state index is 11.3. The van der Waals surface area contributed by atoms with Crippen molar-refractivity contribution in [1.29, 1.82) is 0 Å². The molecule has 0 N–H and O–H groups in total. The van der Waals surface area contributed by atoms with E-state index < -0.39 is 66.5 Å². The Kier molecular flexibility index (Phi) is 4.99. The summed E-state index contributed by atoms with van der Waals surface area (Å²) in [5, 5.41) is 0. The van der Waals surface area contributed by atoms with Gasteiger partial charge in [-0.25, -0.2) is 0 Å². The SMILES string of the molecule is O=S(=O)(F)O[Xe]OS(=O)(=O)F. The Labute approximate surface area is 88.7 Å². The first-order chi connectivity index (χ1) is 4.71. The average Bonchev–Trinajstić information content (AvgIpc) is 1.55. The Morgan fingerprint density at radius 3 is 1.36 bits per heavy atom. The van der Waals surface area contributed by atoms with Crippen LogP contribution in [0.2, 0.25) is 0 Å². The van der Waals surface area contributed by atoms with Gasteiger partial charge >= 0.3 is 90.1 Å². The number of hydrogen-bond acceptors (Lipinski definition) is 6. The number of halogens is 2. The maximum atomic E-state index is 11.3. The second-order valence-electron chi connectivity index (χ2n) is 0.963. The molecule has 6 nitrogen and oxygen atoms in total. The summed E-state index contributed by atoms with van der Waals surface area (Å²) in [7, 11) is -10.5. The Hall–Kier alpha value is 1.25. The van der Waals surface area contributed by atoms with E-state index in [9.17, 15) is 24.6 Å². The van der Waals surface area contributed by atoms with E-state index in [1.165, 1.54) is 0 Å². The van der Waals surface area contributed by atoms with Crippen molar-refractivity contribution in [1.82, 2.24) is 0 Å². The fourth-order valence-corrected chi connectivity index (χ4v) is 1.75. The Morgan fingerprint density at radius 1 is 0.909 bits per heavy atom. The molecule has 0 radical (unpaired) electrons. The van der Waals surface area contributed by atoms with Crippen molar-refractivity contribution in [2.24, 2.45) is 0 Å². The molecule has 0 rings (SSSR count). The third-order valence-corrected chi connectivity index (χ3v) is 3.80. The Balaban J connectivity index is 3.79. The van der Waals surface area contributed by atoms with Gasteiger partial charge in [-0.1, -0.05) is 0 Å². The van der Waals surface area contributed by atoms with Crippen LogP contribution < -0.4 is 0 Å². The fraction of sp³-hybridized carbons (Fsp3) is 0. The summed E-state index contributed by atoms with van der Waals surface area (Å²) in [5.74, 6) is 0. The van der Waals surface area contributed by atoms with Gasteiger partial charge in [0.15, 0.2) is 0 Å². The van der Waals surface area contributed by atoms with Gasteiger partial charge < -0.3 is 0 Å². The normalized spacial score (nSPS) is 13.6. The van der Waals surface area contributed by atoms with Crippen LogP contribution in [0.15, 0.2) is 0 Å². The van der Waals surface area contributed by atoms with Crippen molar-refractivity contribution in [3.63, 3.8) is 0 Å². The molecular weight excluding hydrogens is 329 g/mol. The fourth-order valence-electron chi connectivity index (χ4n) is 0.0673. The molecule has 11 heteroatoms. The summed E-state index contributed by atoms with van der Waals surface area (Å²) in [5.41, 5.74) is 0. The zero-order valence-corrected chi connectivity index (χ0v) is 8.03. The summed E-state index contributed by atoms with van der Waals surface area (Å²) >= 11 is -2.31. The molecule has 0 aliphatic rings. The minimum absolute atomic E-state index is 2.31. The second-order valence-corrected chi connectivity index (χ2v) is 5.13. The van der Waals surface area contributed by atoms with Crippen LogP contribution in [0.25, 0.3) is 0 Å². The molecule has 0 atom stereocenters. The summed E-state index contributed by atoms with van der Waals surface area (Å²) in [6.07, 6.45) is 0. The van der Waals surface area contributed by atoms with Crippen LogP contribution in [0.3, 0.4) is 0 Å². The molecular formula is F2O6S2Xe. The molecule has 0 aromatic carbocycles. The van der Waals surface area contributed by atoms with E-state index in [-0.39, 0.29) is 0 Å². The molecule has 0 fully saturated rings. The summed E-state index contributed by atoms with van der Waals surface area (Å²) in [6, 6.07) is 0. The Morgan fingerprint density at radius 2 is 1.18 bits per heavy atom. The average molecular weight is 329 g/mol. The standard InChI is InChI=1S/F2O6S2Xe/c1-9(3,4)7-11-8-10(2,5)6. The van der Waals surface area contributed by atoms with Gasteiger partial charge in [0, 0.05) is 0 Å². The predicted molar refractivity (Wildman–Crippen MR) is 22.2 cm³/mol. The van der Waals surface area contributed by atoms with Gasteiger partial charge in [0.25, 0.3) is 0 Å². The van der Waals surface area contributed by atoms with E-state index in [0.717, 1.165) is 0 Å². The van der Waals surface area contributed by atoms with Gasteiger partial charge in [0.1, 0.15) is 0 Å². The van der Waals surface area contributed by atoms with Crippen molar-refractivity contribution in [3.05, 3.63) is 0 Å². The van der Waals surface area contributed by atoms with Crippen LogP contribution in [0, 0.1) is 45.5 Å². The van der Waals surface area contributed by atoms with E-state index >= 15 is 0 Å². The molecule has 0 amide bonds. The van der Waals surface area contributed by atoms with Crippen molar-refractivity contribution >= 4 is 21.0 Å². The van der Waals surface area contributed by atoms with Crippen LogP contribution >= 0.6 is 0 Å². The molecule has 0 spiro atoms. The first-order valence-electron chi connectivity index (χ1n) is 1.60. The molecule has 0 bridgehead atoms. The van der Waals surface area contributed by atoms with Crippen molar-refractivity contribution in [2.45, 2.75) is 0 Å². The van der Waals surface area contributed by atoms with Gasteiger partial charge in [-0.15, -0.1) is 0 Å². The summed E-state index contributed by atoms with van der Waals surface area (Å²) < 4.78 is 66.8. The molecule has 70 valence electrons. The molecule has 0 aliphatic carbocycles. The molecule has 11 heavy (non-hydrogen) atoms. The zero-order chi connectivity index (χ0) is 9.12. The van der Waals surface area contributed by atoms with Gasteiger partial charge in [-0.3, -0.25) is 0 Å². The van der Waals surface area contributed by atoms with E-state index in [1.807, 2.05) is 0 Å². The molecule has 0 aromatic heterocycles. The molecule has 0 aliphatic heterocycles. The molecule has 0 heterocycles. The molecule has 0 aromatic rings.